The highest BCUT2D eigenvalue weighted by atomic mass is 19.1. The first-order valence-electron chi connectivity index (χ1n) is 5.80. The zero-order valence-corrected chi connectivity index (χ0v) is 10.7. The maximum absolute atomic E-state index is 13.1. The van der Waals surface area contributed by atoms with Crippen molar-refractivity contribution in [2.45, 2.75) is 20.4 Å². The fourth-order valence-corrected chi connectivity index (χ4v) is 1.89. The molecule has 5 heteroatoms. The van der Waals surface area contributed by atoms with Gasteiger partial charge in [-0.3, -0.25) is 0 Å². The highest BCUT2D eigenvalue weighted by Crippen LogP contribution is 2.24. The minimum atomic E-state index is -0.693. The summed E-state index contributed by atoms with van der Waals surface area (Å²) in [5, 5.41) is 0. The van der Waals surface area contributed by atoms with E-state index in [1.54, 1.807) is 6.07 Å². The second-order valence-corrected chi connectivity index (χ2v) is 4.25. The summed E-state index contributed by atoms with van der Waals surface area (Å²) in [6.45, 7) is 4.09. The van der Waals surface area contributed by atoms with Crippen molar-refractivity contribution < 1.29 is 13.5 Å². The first-order chi connectivity index (χ1) is 8.99. The van der Waals surface area contributed by atoms with Gasteiger partial charge in [0, 0.05) is 36.5 Å². The van der Waals surface area contributed by atoms with Crippen LogP contribution in [0.4, 0.5) is 8.78 Å². The van der Waals surface area contributed by atoms with E-state index in [2.05, 4.69) is 4.98 Å². The molecule has 0 atom stereocenters. The summed E-state index contributed by atoms with van der Waals surface area (Å²) in [4.78, 5) is 4.21. The maximum atomic E-state index is 13.1. The quantitative estimate of drug-likeness (QED) is 0.925. The summed E-state index contributed by atoms with van der Waals surface area (Å²) >= 11 is 0. The van der Waals surface area contributed by atoms with E-state index in [4.69, 9.17) is 10.5 Å². The molecule has 0 aliphatic carbocycles. The molecule has 2 aromatic rings. The van der Waals surface area contributed by atoms with Gasteiger partial charge < -0.3 is 10.5 Å². The van der Waals surface area contributed by atoms with Crippen molar-refractivity contribution in [1.82, 2.24) is 4.98 Å². The summed E-state index contributed by atoms with van der Waals surface area (Å²) in [5.74, 6) is -1.02. The second kappa shape index (κ2) is 5.32. The van der Waals surface area contributed by atoms with Gasteiger partial charge in [-0.1, -0.05) is 0 Å². The van der Waals surface area contributed by atoms with Crippen molar-refractivity contribution in [3.05, 3.63) is 52.7 Å². The van der Waals surface area contributed by atoms with Gasteiger partial charge in [0.2, 0.25) is 5.88 Å². The third-order valence-electron chi connectivity index (χ3n) is 2.79. The Morgan fingerprint density at radius 3 is 2.26 bits per heavy atom. The monoisotopic (exact) mass is 264 g/mol. The molecule has 0 amide bonds. The van der Waals surface area contributed by atoms with E-state index in [9.17, 15) is 8.78 Å². The first kappa shape index (κ1) is 13.4. The molecule has 0 aliphatic heterocycles. The number of benzene rings is 1. The molecule has 2 N–H and O–H groups in total. The topological polar surface area (TPSA) is 48.1 Å². The van der Waals surface area contributed by atoms with Crippen molar-refractivity contribution in [2.75, 3.05) is 0 Å². The van der Waals surface area contributed by atoms with Gasteiger partial charge in [0.1, 0.15) is 17.4 Å². The predicted octanol–water partition coefficient (Wildman–Crippen LogP) is 3.23. The molecule has 100 valence electrons. The number of pyridine rings is 1. The number of aryl methyl sites for hydroxylation is 2. The Hall–Kier alpha value is -2.01. The summed E-state index contributed by atoms with van der Waals surface area (Å²) in [6, 6.07) is 4.69. The van der Waals surface area contributed by atoms with Crippen molar-refractivity contribution in [2.24, 2.45) is 5.73 Å². The van der Waals surface area contributed by atoms with Gasteiger partial charge in [0.15, 0.2) is 0 Å². The molecular formula is C14H14F2N2O. The van der Waals surface area contributed by atoms with Crippen LogP contribution in [0.25, 0.3) is 0 Å². The zero-order valence-electron chi connectivity index (χ0n) is 10.7. The Morgan fingerprint density at radius 1 is 1.11 bits per heavy atom. The Balaban J connectivity index is 2.33. The van der Waals surface area contributed by atoms with Crippen molar-refractivity contribution >= 4 is 0 Å². The molecule has 0 fully saturated rings. The number of halogens is 2. The molecule has 0 radical (unpaired) electrons. The molecule has 0 bridgehead atoms. The van der Waals surface area contributed by atoms with Gasteiger partial charge >= 0.3 is 0 Å². The number of nitrogens with zero attached hydrogens (tertiary/aromatic N) is 1. The molecule has 2 rings (SSSR count). The van der Waals surface area contributed by atoms with Gasteiger partial charge in [0.25, 0.3) is 0 Å². The summed E-state index contributed by atoms with van der Waals surface area (Å²) in [7, 11) is 0. The molecule has 1 aromatic heterocycles. The van der Waals surface area contributed by atoms with Crippen molar-refractivity contribution in [1.29, 1.82) is 0 Å². The molecule has 19 heavy (non-hydrogen) atoms. The molecule has 0 saturated heterocycles. The van der Waals surface area contributed by atoms with Gasteiger partial charge in [0.05, 0.1) is 0 Å². The predicted molar refractivity (Wildman–Crippen MR) is 68.0 cm³/mol. The molecule has 1 heterocycles. The molecule has 0 spiro atoms. The molecular weight excluding hydrogens is 250 g/mol. The Kier molecular flexibility index (Phi) is 3.76. The van der Waals surface area contributed by atoms with Crippen LogP contribution in [0.3, 0.4) is 0 Å². The van der Waals surface area contributed by atoms with E-state index < -0.39 is 11.6 Å². The van der Waals surface area contributed by atoms with Crippen LogP contribution in [0.5, 0.6) is 11.6 Å². The third-order valence-corrected chi connectivity index (χ3v) is 2.79. The lowest BCUT2D eigenvalue weighted by molar-refractivity contribution is 0.449. The number of nitrogens with two attached hydrogens (primary N) is 1. The van der Waals surface area contributed by atoms with Gasteiger partial charge in [-0.15, -0.1) is 0 Å². The van der Waals surface area contributed by atoms with Crippen molar-refractivity contribution in [3.63, 3.8) is 0 Å². The summed E-state index contributed by atoms with van der Waals surface area (Å²) in [5.41, 5.74) is 8.23. The Labute approximate surface area is 110 Å². The molecule has 0 aliphatic rings. The van der Waals surface area contributed by atoms with E-state index in [1.807, 2.05) is 13.8 Å². The fraction of sp³-hybridized carbons (Fsp3) is 0.214. The third kappa shape index (κ3) is 3.06. The number of aromatic nitrogens is 1. The van der Waals surface area contributed by atoms with Crippen LogP contribution in [0, 0.1) is 25.5 Å². The average Bonchev–Trinajstić information content (AvgIpc) is 2.26. The Morgan fingerprint density at radius 2 is 1.74 bits per heavy atom. The lowest BCUT2D eigenvalue weighted by Gasteiger charge is -2.11. The lowest BCUT2D eigenvalue weighted by atomic mass is 10.1. The minimum Gasteiger partial charge on any atom is -0.439 e. The summed E-state index contributed by atoms with van der Waals surface area (Å²) < 4.78 is 31.5. The van der Waals surface area contributed by atoms with Crippen LogP contribution in [-0.4, -0.2) is 4.98 Å². The lowest BCUT2D eigenvalue weighted by Crippen LogP contribution is -2.04. The number of hydrogen-bond acceptors (Lipinski definition) is 3. The van der Waals surface area contributed by atoms with Crippen LogP contribution in [0.2, 0.25) is 0 Å². The number of rotatable bonds is 3. The summed E-state index contributed by atoms with van der Waals surface area (Å²) in [6.07, 6.45) is 0. The molecule has 0 unspecified atom stereocenters. The number of hydrogen-bond donors (Lipinski definition) is 1. The second-order valence-electron chi connectivity index (χ2n) is 4.25. The number of ether oxygens (including phenoxy) is 1. The van der Waals surface area contributed by atoms with Crippen LogP contribution < -0.4 is 10.5 Å². The maximum Gasteiger partial charge on any atom is 0.219 e. The molecule has 1 aromatic carbocycles. The van der Waals surface area contributed by atoms with Crippen LogP contribution in [0.1, 0.15) is 16.8 Å². The van der Waals surface area contributed by atoms with E-state index >= 15 is 0 Å². The smallest absolute Gasteiger partial charge is 0.219 e. The molecule has 3 nitrogen and oxygen atoms in total. The zero-order chi connectivity index (χ0) is 14.0. The highest BCUT2D eigenvalue weighted by Gasteiger charge is 2.08. The minimum absolute atomic E-state index is 0.0734. The van der Waals surface area contributed by atoms with Crippen LogP contribution >= 0.6 is 0 Å². The van der Waals surface area contributed by atoms with Crippen molar-refractivity contribution in [3.8, 4) is 11.6 Å². The largest absolute Gasteiger partial charge is 0.439 e. The normalized spacial score (nSPS) is 10.6. The Bertz CT molecular complexity index is 571. The van der Waals surface area contributed by atoms with E-state index in [0.717, 1.165) is 35.0 Å². The van der Waals surface area contributed by atoms with Crippen LogP contribution in [0.15, 0.2) is 24.3 Å². The van der Waals surface area contributed by atoms with Gasteiger partial charge in [-0.05, 0) is 25.0 Å². The van der Waals surface area contributed by atoms with Gasteiger partial charge in [-0.2, -0.15) is 0 Å². The fourth-order valence-electron chi connectivity index (χ4n) is 1.89. The van der Waals surface area contributed by atoms with Gasteiger partial charge in [-0.25, -0.2) is 13.8 Å². The SMILES string of the molecule is Cc1cc(Oc2cc(F)cc(F)c2)nc(C)c1CN. The highest BCUT2D eigenvalue weighted by molar-refractivity contribution is 5.36. The first-order valence-corrected chi connectivity index (χ1v) is 5.80. The van der Waals surface area contributed by atoms with Crippen LogP contribution in [-0.2, 0) is 6.54 Å². The van der Waals surface area contributed by atoms with E-state index in [-0.39, 0.29) is 11.6 Å². The molecule has 0 saturated carbocycles. The average molecular weight is 264 g/mol. The standard InChI is InChI=1S/C14H14F2N2O/c1-8-3-14(18-9(2)13(8)7-17)19-12-5-10(15)4-11(16)6-12/h3-6H,7,17H2,1-2H3. The van der Waals surface area contributed by atoms with E-state index in [0.29, 0.717) is 6.54 Å². The van der Waals surface area contributed by atoms with E-state index in [1.165, 1.54) is 0 Å².